The number of benzene rings is 1. The lowest BCUT2D eigenvalue weighted by atomic mass is 9.67. The van der Waals surface area contributed by atoms with E-state index in [1.54, 1.807) is 0 Å². The number of nitrogens with zero attached hydrogens (tertiary/aromatic N) is 2. The standard InChI is InChI=1S/C21H28N4O.2ClH/c1-15(17-6-8-19(9-7-17)25-12-11-23-16(25)2)24-20(26)21-10-4-3-5-18(21)13-22-14-21;;/h6-9,11-12,15,18,22H,3-5,10,13-14H2,1-2H3,(H,24,26);2*1H/t15?,18-,21+;;/m0../s1. The van der Waals surface area contributed by atoms with Crippen molar-refractivity contribution in [2.45, 2.75) is 45.6 Å². The predicted molar refractivity (Wildman–Crippen MR) is 117 cm³/mol. The Morgan fingerprint density at radius 2 is 2.04 bits per heavy atom. The quantitative estimate of drug-likeness (QED) is 0.779. The fraction of sp³-hybridized carbons (Fsp3) is 0.524. The Kier molecular flexibility index (Phi) is 7.54. The van der Waals surface area contributed by atoms with Gasteiger partial charge in [-0.1, -0.05) is 25.0 Å². The third-order valence-electron chi connectivity index (χ3n) is 6.33. The molecule has 0 bridgehead atoms. The Morgan fingerprint density at radius 3 is 2.71 bits per heavy atom. The van der Waals surface area contributed by atoms with Crippen molar-refractivity contribution < 1.29 is 4.79 Å². The van der Waals surface area contributed by atoms with Crippen molar-refractivity contribution in [2.24, 2.45) is 11.3 Å². The average molecular weight is 425 g/mol. The first kappa shape index (κ1) is 22.7. The highest BCUT2D eigenvalue weighted by Crippen LogP contribution is 2.44. The molecular weight excluding hydrogens is 395 g/mol. The minimum Gasteiger partial charge on any atom is -0.349 e. The van der Waals surface area contributed by atoms with E-state index in [-0.39, 0.29) is 42.2 Å². The summed E-state index contributed by atoms with van der Waals surface area (Å²) in [5.41, 5.74) is 2.03. The third-order valence-corrected chi connectivity index (χ3v) is 6.33. The Hall–Kier alpha value is -1.56. The van der Waals surface area contributed by atoms with Gasteiger partial charge in [-0.25, -0.2) is 4.98 Å². The normalized spacial score (nSPS) is 24.4. The van der Waals surface area contributed by atoms with Crippen LogP contribution in [0.2, 0.25) is 0 Å². The van der Waals surface area contributed by atoms with E-state index in [1.807, 2.05) is 19.3 Å². The molecule has 1 aliphatic carbocycles. The van der Waals surface area contributed by atoms with Crippen molar-refractivity contribution in [2.75, 3.05) is 13.1 Å². The van der Waals surface area contributed by atoms with Crippen molar-refractivity contribution in [3.63, 3.8) is 0 Å². The molecule has 2 N–H and O–H groups in total. The number of halogens is 2. The van der Waals surface area contributed by atoms with Gasteiger partial charge in [0.1, 0.15) is 5.82 Å². The van der Waals surface area contributed by atoms with E-state index in [2.05, 4.69) is 51.4 Å². The second kappa shape index (κ2) is 9.29. The van der Waals surface area contributed by atoms with Gasteiger partial charge in [0, 0.05) is 24.6 Å². The molecule has 2 fully saturated rings. The first-order valence-electron chi connectivity index (χ1n) is 9.72. The number of hydrogen-bond donors (Lipinski definition) is 2. The summed E-state index contributed by atoms with van der Waals surface area (Å²) in [6, 6.07) is 8.39. The van der Waals surface area contributed by atoms with E-state index in [4.69, 9.17) is 0 Å². The number of aryl methyl sites for hydroxylation is 1. The summed E-state index contributed by atoms with van der Waals surface area (Å²) in [6.07, 6.45) is 8.38. The molecule has 1 aliphatic heterocycles. The topological polar surface area (TPSA) is 59.0 Å². The molecule has 1 aromatic carbocycles. The van der Waals surface area contributed by atoms with Crippen LogP contribution >= 0.6 is 24.8 Å². The van der Waals surface area contributed by atoms with E-state index in [1.165, 1.54) is 19.3 Å². The summed E-state index contributed by atoms with van der Waals surface area (Å²) < 4.78 is 2.06. The molecular formula is C21H30Cl2N4O. The Morgan fingerprint density at radius 1 is 1.29 bits per heavy atom. The van der Waals surface area contributed by atoms with Crippen molar-refractivity contribution in [1.29, 1.82) is 0 Å². The molecule has 1 saturated carbocycles. The molecule has 7 heteroatoms. The van der Waals surface area contributed by atoms with Gasteiger partial charge >= 0.3 is 0 Å². The summed E-state index contributed by atoms with van der Waals surface area (Å²) in [7, 11) is 0. The Balaban J connectivity index is 0.00000140. The van der Waals surface area contributed by atoms with Crippen LogP contribution in [-0.2, 0) is 4.79 Å². The van der Waals surface area contributed by atoms with Crippen LogP contribution in [0, 0.1) is 18.3 Å². The highest BCUT2D eigenvalue weighted by molar-refractivity contribution is 5.85. The molecule has 1 amide bonds. The van der Waals surface area contributed by atoms with Gasteiger partial charge in [-0.15, -0.1) is 24.8 Å². The van der Waals surface area contributed by atoms with Crippen molar-refractivity contribution in [1.82, 2.24) is 20.2 Å². The molecule has 0 spiro atoms. The van der Waals surface area contributed by atoms with Gasteiger partial charge in [0.15, 0.2) is 0 Å². The molecule has 1 aromatic heterocycles. The van der Waals surface area contributed by atoms with Gasteiger partial charge < -0.3 is 15.2 Å². The highest BCUT2D eigenvalue weighted by atomic mass is 35.5. The predicted octanol–water partition coefficient (Wildman–Crippen LogP) is 3.98. The van der Waals surface area contributed by atoms with Crippen LogP contribution in [0.25, 0.3) is 5.69 Å². The summed E-state index contributed by atoms with van der Waals surface area (Å²) in [6.45, 7) is 5.88. The molecule has 5 nitrogen and oxygen atoms in total. The number of rotatable bonds is 4. The minimum absolute atomic E-state index is 0. The van der Waals surface area contributed by atoms with Gasteiger partial charge in [-0.05, 0) is 56.8 Å². The minimum atomic E-state index is -0.194. The second-order valence-electron chi connectivity index (χ2n) is 7.86. The maximum atomic E-state index is 13.1. The van der Waals surface area contributed by atoms with E-state index < -0.39 is 0 Å². The van der Waals surface area contributed by atoms with Gasteiger partial charge in [0.25, 0.3) is 0 Å². The smallest absolute Gasteiger partial charge is 0.228 e. The molecule has 2 heterocycles. The van der Waals surface area contributed by atoms with Gasteiger partial charge in [-0.2, -0.15) is 0 Å². The molecule has 1 saturated heterocycles. The number of hydrogen-bond acceptors (Lipinski definition) is 3. The van der Waals surface area contributed by atoms with Crippen LogP contribution in [-0.4, -0.2) is 28.5 Å². The van der Waals surface area contributed by atoms with Gasteiger partial charge in [0.05, 0.1) is 11.5 Å². The maximum Gasteiger partial charge on any atom is 0.228 e. The number of carbonyl (C=O) groups is 1. The van der Waals surface area contributed by atoms with Gasteiger partial charge in [-0.3, -0.25) is 4.79 Å². The molecule has 154 valence electrons. The van der Waals surface area contributed by atoms with E-state index >= 15 is 0 Å². The molecule has 4 rings (SSSR count). The van der Waals surface area contributed by atoms with Crippen LogP contribution in [0.5, 0.6) is 0 Å². The summed E-state index contributed by atoms with van der Waals surface area (Å²) in [5, 5.41) is 6.75. The SMILES string of the molecule is Cc1nccn1-c1ccc(C(C)NC(=O)[C@@]23CCCC[C@H]2CNC3)cc1.Cl.Cl. The van der Waals surface area contributed by atoms with E-state index in [0.29, 0.717) is 5.92 Å². The molecule has 28 heavy (non-hydrogen) atoms. The fourth-order valence-corrected chi connectivity index (χ4v) is 4.69. The zero-order valence-corrected chi connectivity index (χ0v) is 18.1. The van der Waals surface area contributed by atoms with Crippen LogP contribution in [0.15, 0.2) is 36.7 Å². The molecule has 3 atom stereocenters. The first-order valence-corrected chi connectivity index (χ1v) is 9.72. The third kappa shape index (κ3) is 4.07. The molecule has 1 unspecified atom stereocenters. The van der Waals surface area contributed by atoms with Crippen LogP contribution < -0.4 is 10.6 Å². The molecule has 0 radical (unpaired) electrons. The fourth-order valence-electron chi connectivity index (χ4n) is 4.69. The number of aromatic nitrogens is 2. The number of nitrogens with one attached hydrogen (secondary N) is 2. The van der Waals surface area contributed by atoms with Crippen LogP contribution in [0.3, 0.4) is 0 Å². The monoisotopic (exact) mass is 424 g/mol. The highest BCUT2D eigenvalue weighted by Gasteiger charge is 2.49. The summed E-state index contributed by atoms with van der Waals surface area (Å²) in [4.78, 5) is 17.4. The zero-order chi connectivity index (χ0) is 18.1. The number of imidazole rings is 1. The Labute approximate surface area is 179 Å². The summed E-state index contributed by atoms with van der Waals surface area (Å²) in [5.74, 6) is 1.69. The van der Waals surface area contributed by atoms with Crippen molar-refractivity contribution in [3.8, 4) is 5.69 Å². The number of fused-ring (bicyclic) bond motifs is 1. The van der Waals surface area contributed by atoms with Crippen LogP contribution in [0.1, 0.15) is 50.0 Å². The second-order valence-corrected chi connectivity index (χ2v) is 7.86. The van der Waals surface area contributed by atoms with Crippen molar-refractivity contribution in [3.05, 3.63) is 48.0 Å². The lowest BCUT2D eigenvalue weighted by molar-refractivity contribution is -0.134. The van der Waals surface area contributed by atoms with E-state index in [9.17, 15) is 4.79 Å². The lowest BCUT2D eigenvalue weighted by Gasteiger charge is -2.38. The van der Waals surface area contributed by atoms with Crippen LogP contribution in [0.4, 0.5) is 0 Å². The van der Waals surface area contributed by atoms with Gasteiger partial charge in [0.2, 0.25) is 5.91 Å². The number of amides is 1. The summed E-state index contributed by atoms with van der Waals surface area (Å²) >= 11 is 0. The number of carbonyl (C=O) groups excluding carboxylic acids is 1. The molecule has 2 aromatic rings. The van der Waals surface area contributed by atoms with Crippen molar-refractivity contribution >= 4 is 30.7 Å². The zero-order valence-electron chi connectivity index (χ0n) is 16.5. The first-order chi connectivity index (χ1) is 12.6. The largest absolute Gasteiger partial charge is 0.349 e. The molecule has 2 aliphatic rings. The maximum absolute atomic E-state index is 13.1. The lowest BCUT2D eigenvalue weighted by Crippen LogP contribution is -2.48. The average Bonchev–Trinajstić information content (AvgIpc) is 3.28. The van der Waals surface area contributed by atoms with E-state index in [0.717, 1.165) is 36.6 Å². The Bertz CT molecular complexity index is 792.